The Bertz CT molecular complexity index is 1070. The molecule has 0 unspecified atom stereocenters. The lowest BCUT2D eigenvalue weighted by atomic mass is 10.1. The Kier molecular flexibility index (Phi) is 6.15. The molecule has 29 heavy (non-hydrogen) atoms. The van der Waals surface area contributed by atoms with Crippen LogP contribution in [-0.4, -0.2) is 24.0 Å². The van der Waals surface area contributed by atoms with Gasteiger partial charge in [-0.3, -0.25) is 9.59 Å². The predicted octanol–water partition coefficient (Wildman–Crippen LogP) is 5.41. The van der Waals surface area contributed by atoms with Gasteiger partial charge in [-0.1, -0.05) is 41.9 Å². The molecule has 2 amide bonds. The molecule has 0 saturated heterocycles. The summed E-state index contributed by atoms with van der Waals surface area (Å²) in [7, 11) is 0. The van der Waals surface area contributed by atoms with Crippen LogP contribution in [0.15, 0.2) is 42.5 Å². The van der Waals surface area contributed by atoms with Crippen molar-refractivity contribution in [1.82, 2.24) is 5.32 Å². The molecule has 1 aromatic heterocycles. The topological polar surface area (TPSA) is 67.4 Å². The van der Waals surface area contributed by atoms with E-state index in [1.807, 2.05) is 58.0 Å². The molecule has 0 aliphatic rings. The minimum absolute atomic E-state index is 0.113. The number of hydrogen-bond acceptors (Lipinski definition) is 4. The maximum absolute atomic E-state index is 12.6. The Morgan fingerprint density at radius 3 is 2.52 bits per heavy atom. The van der Waals surface area contributed by atoms with E-state index in [2.05, 4.69) is 10.6 Å². The van der Waals surface area contributed by atoms with Gasteiger partial charge in [0.05, 0.1) is 15.4 Å². The van der Waals surface area contributed by atoms with Crippen molar-refractivity contribution >= 4 is 50.5 Å². The second-order valence-electron chi connectivity index (χ2n) is 7.73. The van der Waals surface area contributed by atoms with Gasteiger partial charge in [-0.05, 0) is 45.4 Å². The zero-order valence-corrected chi connectivity index (χ0v) is 18.3. The average Bonchev–Trinajstić information content (AvgIpc) is 2.98. The number of hydrogen-bond donors (Lipinski definition) is 2. The van der Waals surface area contributed by atoms with Crippen molar-refractivity contribution in [2.24, 2.45) is 0 Å². The standard InChI is InChI=1S/C22H23ClN2O3S/c1-13-8-5-6-11-16(13)28-12-17(26)24-15-10-7-9-14-18(23)20(29-19(14)15)21(27)25-22(2,3)4/h5-11H,12H2,1-4H3,(H,24,26)(H,25,27). The fourth-order valence-electron chi connectivity index (χ4n) is 2.78. The van der Waals surface area contributed by atoms with E-state index >= 15 is 0 Å². The van der Waals surface area contributed by atoms with Crippen LogP contribution < -0.4 is 15.4 Å². The number of carbonyl (C=O) groups excluding carboxylic acids is 2. The van der Waals surface area contributed by atoms with Gasteiger partial charge in [-0.15, -0.1) is 11.3 Å². The van der Waals surface area contributed by atoms with Gasteiger partial charge in [-0.2, -0.15) is 0 Å². The second kappa shape index (κ2) is 8.43. The largest absolute Gasteiger partial charge is 0.483 e. The molecule has 1 heterocycles. The van der Waals surface area contributed by atoms with Gasteiger partial charge in [0, 0.05) is 10.9 Å². The number of aryl methyl sites for hydroxylation is 1. The van der Waals surface area contributed by atoms with Crippen LogP contribution >= 0.6 is 22.9 Å². The second-order valence-corrected chi connectivity index (χ2v) is 9.13. The molecule has 5 nitrogen and oxygen atoms in total. The first kappa shape index (κ1) is 21.1. The SMILES string of the molecule is Cc1ccccc1OCC(=O)Nc1cccc2c(Cl)c(C(=O)NC(C)(C)C)sc12. The molecule has 0 bridgehead atoms. The van der Waals surface area contributed by atoms with Crippen molar-refractivity contribution < 1.29 is 14.3 Å². The minimum Gasteiger partial charge on any atom is -0.483 e. The quantitative estimate of drug-likeness (QED) is 0.568. The van der Waals surface area contributed by atoms with E-state index in [4.69, 9.17) is 16.3 Å². The highest BCUT2D eigenvalue weighted by molar-refractivity contribution is 7.22. The van der Waals surface area contributed by atoms with Gasteiger partial charge in [0.25, 0.3) is 11.8 Å². The van der Waals surface area contributed by atoms with Crippen LogP contribution in [0.2, 0.25) is 5.02 Å². The fourth-order valence-corrected chi connectivity index (χ4v) is 4.25. The summed E-state index contributed by atoms with van der Waals surface area (Å²) in [5, 5.41) is 6.90. The Hall–Kier alpha value is -2.57. The summed E-state index contributed by atoms with van der Waals surface area (Å²) in [6.45, 7) is 7.54. The van der Waals surface area contributed by atoms with Crippen LogP contribution in [0.4, 0.5) is 5.69 Å². The molecule has 3 aromatic rings. The fraction of sp³-hybridized carbons (Fsp3) is 0.273. The van der Waals surface area contributed by atoms with Crippen molar-refractivity contribution in [1.29, 1.82) is 0 Å². The highest BCUT2D eigenvalue weighted by atomic mass is 35.5. The Balaban J connectivity index is 1.79. The van der Waals surface area contributed by atoms with Crippen LogP contribution in [0.25, 0.3) is 10.1 Å². The summed E-state index contributed by atoms with van der Waals surface area (Å²) in [6, 6.07) is 12.9. The number of fused-ring (bicyclic) bond motifs is 1. The monoisotopic (exact) mass is 430 g/mol. The maximum Gasteiger partial charge on any atom is 0.263 e. The minimum atomic E-state index is -0.374. The molecule has 0 saturated carbocycles. The van der Waals surface area contributed by atoms with Crippen molar-refractivity contribution in [3.8, 4) is 5.75 Å². The molecular formula is C22H23ClN2O3S. The molecule has 152 valence electrons. The predicted molar refractivity (Wildman–Crippen MR) is 119 cm³/mol. The van der Waals surface area contributed by atoms with Gasteiger partial charge in [0.15, 0.2) is 6.61 Å². The van der Waals surface area contributed by atoms with E-state index in [9.17, 15) is 9.59 Å². The number of carbonyl (C=O) groups is 2. The van der Waals surface area contributed by atoms with Gasteiger partial charge >= 0.3 is 0 Å². The molecule has 0 aliphatic carbocycles. The third-order valence-electron chi connectivity index (χ3n) is 4.08. The molecule has 0 aliphatic heterocycles. The van der Waals surface area contributed by atoms with E-state index in [0.29, 0.717) is 21.3 Å². The van der Waals surface area contributed by atoms with Crippen LogP contribution in [-0.2, 0) is 4.79 Å². The lowest BCUT2D eigenvalue weighted by Crippen LogP contribution is -2.40. The normalized spacial score (nSPS) is 11.3. The third-order valence-corrected chi connectivity index (χ3v) is 5.82. The Labute approximate surface area is 179 Å². The maximum atomic E-state index is 12.6. The van der Waals surface area contributed by atoms with E-state index in [-0.39, 0.29) is 24.0 Å². The van der Waals surface area contributed by atoms with Crippen LogP contribution in [0, 0.1) is 6.92 Å². The molecule has 0 radical (unpaired) electrons. The zero-order valence-electron chi connectivity index (χ0n) is 16.8. The smallest absolute Gasteiger partial charge is 0.263 e. The van der Waals surface area contributed by atoms with Gasteiger partial charge in [-0.25, -0.2) is 0 Å². The number of anilines is 1. The number of benzene rings is 2. The van der Waals surface area contributed by atoms with Crippen LogP contribution in [0.3, 0.4) is 0 Å². The van der Waals surface area contributed by atoms with Crippen molar-refractivity contribution in [3.63, 3.8) is 0 Å². The van der Waals surface area contributed by atoms with Crippen molar-refractivity contribution in [2.45, 2.75) is 33.2 Å². The molecule has 7 heteroatoms. The van der Waals surface area contributed by atoms with E-state index in [1.54, 1.807) is 12.1 Å². The molecule has 3 rings (SSSR count). The lowest BCUT2D eigenvalue weighted by Gasteiger charge is -2.19. The summed E-state index contributed by atoms with van der Waals surface area (Å²) in [5.74, 6) is 0.149. The summed E-state index contributed by atoms with van der Waals surface area (Å²) >= 11 is 7.72. The molecule has 2 N–H and O–H groups in total. The Morgan fingerprint density at radius 1 is 1.10 bits per heavy atom. The number of para-hydroxylation sites is 1. The van der Waals surface area contributed by atoms with Crippen LogP contribution in [0.5, 0.6) is 5.75 Å². The third kappa shape index (κ3) is 5.08. The lowest BCUT2D eigenvalue weighted by molar-refractivity contribution is -0.118. The summed E-state index contributed by atoms with van der Waals surface area (Å²) in [4.78, 5) is 25.4. The summed E-state index contributed by atoms with van der Waals surface area (Å²) < 4.78 is 6.36. The van der Waals surface area contributed by atoms with Gasteiger partial charge in [0.1, 0.15) is 10.6 Å². The Morgan fingerprint density at radius 2 is 1.83 bits per heavy atom. The number of rotatable bonds is 5. The van der Waals surface area contributed by atoms with E-state index < -0.39 is 0 Å². The highest BCUT2D eigenvalue weighted by Crippen LogP contribution is 2.39. The number of ether oxygens (including phenoxy) is 1. The molecule has 0 atom stereocenters. The van der Waals surface area contributed by atoms with Gasteiger partial charge < -0.3 is 15.4 Å². The first-order chi connectivity index (χ1) is 13.7. The number of nitrogens with one attached hydrogen (secondary N) is 2. The average molecular weight is 431 g/mol. The summed E-state index contributed by atoms with van der Waals surface area (Å²) in [5.41, 5.74) is 1.19. The first-order valence-electron chi connectivity index (χ1n) is 9.17. The van der Waals surface area contributed by atoms with E-state index in [1.165, 1.54) is 11.3 Å². The van der Waals surface area contributed by atoms with E-state index in [0.717, 1.165) is 15.6 Å². The van der Waals surface area contributed by atoms with Crippen molar-refractivity contribution in [2.75, 3.05) is 11.9 Å². The first-order valence-corrected chi connectivity index (χ1v) is 10.4. The summed E-state index contributed by atoms with van der Waals surface area (Å²) in [6.07, 6.45) is 0. The molecule has 0 fully saturated rings. The molecule has 0 spiro atoms. The zero-order chi connectivity index (χ0) is 21.2. The molecular weight excluding hydrogens is 408 g/mol. The number of thiophene rings is 1. The number of amides is 2. The highest BCUT2D eigenvalue weighted by Gasteiger charge is 2.22. The molecule has 2 aromatic carbocycles. The van der Waals surface area contributed by atoms with Crippen LogP contribution in [0.1, 0.15) is 36.0 Å². The van der Waals surface area contributed by atoms with Gasteiger partial charge in [0.2, 0.25) is 0 Å². The van der Waals surface area contributed by atoms with Crippen molar-refractivity contribution in [3.05, 3.63) is 57.9 Å². The number of halogens is 1.